The van der Waals surface area contributed by atoms with Crippen molar-refractivity contribution in [2.24, 2.45) is 5.73 Å². The Kier molecular flexibility index (Phi) is 6.09. The molecule has 0 bridgehead atoms. The minimum Gasteiger partial charge on any atom is -0.365 e. The summed E-state index contributed by atoms with van der Waals surface area (Å²) in [5.74, 6) is 0.503. The monoisotopic (exact) mass is 430 g/mol. The van der Waals surface area contributed by atoms with E-state index in [1.54, 1.807) is 30.5 Å². The molecule has 9 heteroatoms. The largest absolute Gasteiger partial charge is 0.365 e. The Morgan fingerprint density at radius 1 is 1.09 bits per heavy atom. The molecule has 0 radical (unpaired) electrons. The Bertz CT molecular complexity index is 1250. The molecule has 4 rings (SSSR count). The molecule has 4 aromatic rings. The van der Waals surface area contributed by atoms with E-state index in [9.17, 15) is 14.9 Å². The van der Waals surface area contributed by atoms with Crippen LogP contribution in [-0.4, -0.2) is 33.3 Å². The molecule has 1 amide bonds. The first-order valence-corrected chi connectivity index (χ1v) is 10.1. The summed E-state index contributed by atoms with van der Waals surface area (Å²) >= 11 is 0. The molecule has 0 aliphatic rings. The van der Waals surface area contributed by atoms with E-state index in [-0.39, 0.29) is 11.6 Å². The lowest BCUT2D eigenvalue weighted by atomic mass is 10.1. The molecule has 0 saturated heterocycles. The van der Waals surface area contributed by atoms with Gasteiger partial charge in [0.05, 0.1) is 4.92 Å². The van der Waals surface area contributed by atoms with E-state index in [4.69, 9.17) is 10.7 Å². The van der Waals surface area contributed by atoms with Crippen LogP contribution in [0.3, 0.4) is 0 Å². The molecule has 2 aromatic heterocycles. The first-order chi connectivity index (χ1) is 15.6. The molecule has 0 aliphatic heterocycles. The fourth-order valence-corrected chi connectivity index (χ4v) is 3.37. The SMILES string of the molecule is NCCNC(=O)c1ccn2c(NCc3ccccc3)c(-c3ccc([N+](=O)[O-])cc3)nc2c1. The number of aromatic nitrogens is 2. The summed E-state index contributed by atoms with van der Waals surface area (Å²) in [6.45, 7) is 1.30. The highest BCUT2D eigenvalue weighted by Gasteiger charge is 2.17. The van der Waals surface area contributed by atoms with Gasteiger partial charge in [0.2, 0.25) is 0 Å². The number of rotatable bonds is 8. The highest BCUT2D eigenvalue weighted by atomic mass is 16.6. The van der Waals surface area contributed by atoms with Gasteiger partial charge < -0.3 is 16.4 Å². The number of benzene rings is 2. The third kappa shape index (κ3) is 4.42. The zero-order valence-electron chi connectivity index (χ0n) is 17.2. The zero-order chi connectivity index (χ0) is 22.5. The molecule has 32 heavy (non-hydrogen) atoms. The molecule has 162 valence electrons. The van der Waals surface area contributed by atoms with Gasteiger partial charge in [0.25, 0.3) is 11.6 Å². The van der Waals surface area contributed by atoms with Crippen molar-refractivity contribution in [3.8, 4) is 11.3 Å². The Balaban J connectivity index is 1.74. The fourth-order valence-electron chi connectivity index (χ4n) is 3.37. The Labute approximate surface area is 184 Å². The number of hydrogen-bond acceptors (Lipinski definition) is 6. The van der Waals surface area contributed by atoms with Crippen LogP contribution in [0.5, 0.6) is 0 Å². The number of carbonyl (C=O) groups excluding carboxylic acids is 1. The molecule has 0 unspecified atom stereocenters. The smallest absolute Gasteiger partial charge is 0.269 e. The van der Waals surface area contributed by atoms with Crippen LogP contribution in [0.4, 0.5) is 11.5 Å². The highest BCUT2D eigenvalue weighted by molar-refractivity contribution is 5.95. The second kappa shape index (κ2) is 9.27. The third-order valence-corrected chi connectivity index (χ3v) is 4.97. The van der Waals surface area contributed by atoms with Crippen LogP contribution in [0.2, 0.25) is 0 Å². The Morgan fingerprint density at radius 2 is 1.84 bits per heavy atom. The summed E-state index contributed by atoms with van der Waals surface area (Å²) in [7, 11) is 0. The predicted molar refractivity (Wildman–Crippen MR) is 122 cm³/mol. The van der Waals surface area contributed by atoms with Gasteiger partial charge in [-0.05, 0) is 29.8 Å². The number of fused-ring (bicyclic) bond motifs is 1. The number of amides is 1. The summed E-state index contributed by atoms with van der Waals surface area (Å²) in [5, 5.41) is 17.2. The van der Waals surface area contributed by atoms with Gasteiger partial charge in [0.15, 0.2) is 0 Å². The third-order valence-electron chi connectivity index (χ3n) is 4.97. The molecule has 0 saturated carbocycles. The van der Waals surface area contributed by atoms with Crippen molar-refractivity contribution >= 4 is 23.1 Å². The second-order valence-corrected chi connectivity index (χ2v) is 7.14. The van der Waals surface area contributed by atoms with E-state index >= 15 is 0 Å². The van der Waals surface area contributed by atoms with Crippen LogP contribution in [0.15, 0.2) is 72.9 Å². The maximum Gasteiger partial charge on any atom is 0.269 e. The van der Waals surface area contributed by atoms with Crippen molar-refractivity contribution in [2.75, 3.05) is 18.4 Å². The van der Waals surface area contributed by atoms with E-state index in [0.717, 1.165) is 16.9 Å². The number of imidazole rings is 1. The number of nitrogens with zero attached hydrogens (tertiary/aromatic N) is 3. The number of nitro benzene ring substituents is 1. The average molecular weight is 430 g/mol. The topological polar surface area (TPSA) is 128 Å². The Hall–Kier alpha value is -4.24. The molecule has 2 aromatic carbocycles. The first kappa shape index (κ1) is 21.0. The summed E-state index contributed by atoms with van der Waals surface area (Å²) in [6, 6.07) is 19.6. The number of pyridine rings is 1. The Morgan fingerprint density at radius 3 is 2.53 bits per heavy atom. The van der Waals surface area contributed by atoms with Crippen molar-refractivity contribution in [2.45, 2.75) is 6.54 Å². The number of nitrogens with two attached hydrogens (primary N) is 1. The summed E-state index contributed by atoms with van der Waals surface area (Å²) in [6.07, 6.45) is 1.78. The number of carbonyl (C=O) groups is 1. The maximum absolute atomic E-state index is 12.3. The molecule has 0 fully saturated rings. The van der Waals surface area contributed by atoms with Crippen molar-refractivity contribution in [3.63, 3.8) is 0 Å². The van der Waals surface area contributed by atoms with E-state index in [0.29, 0.717) is 36.5 Å². The molecule has 9 nitrogen and oxygen atoms in total. The summed E-state index contributed by atoms with van der Waals surface area (Å²) in [4.78, 5) is 27.6. The molecule has 4 N–H and O–H groups in total. The van der Waals surface area contributed by atoms with E-state index in [1.807, 2.05) is 34.7 Å². The standard InChI is InChI=1S/C23H22N6O3/c24-11-12-25-23(30)18-10-13-28-20(14-18)27-21(17-6-8-19(9-7-17)29(31)32)22(28)26-15-16-4-2-1-3-5-16/h1-10,13-14,26H,11-12,15,24H2,(H,25,30). The second-order valence-electron chi connectivity index (χ2n) is 7.14. The number of anilines is 1. The van der Waals surface area contributed by atoms with Crippen molar-refractivity contribution in [1.29, 1.82) is 0 Å². The van der Waals surface area contributed by atoms with E-state index < -0.39 is 4.92 Å². The number of hydrogen-bond donors (Lipinski definition) is 3. The van der Waals surface area contributed by atoms with Gasteiger partial charge in [-0.15, -0.1) is 0 Å². The predicted octanol–water partition coefficient (Wildman–Crippen LogP) is 3.21. The van der Waals surface area contributed by atoms with Crippen LogP contribution in [-0.2, 0) is 6.54 Å². The molecule has 2 heterocycles. The number of nitro groups is 1. The fraction of sp³-hybridized carbons (Fsp3) is 0.130. The lowest BCUT2D eigenvalue weighted by molar-refractivity contribution is -0.384. The van der Waals surface area contributed by atoms with Gasteiger partial charge in [-0.3, -0.25) is 19.3 Å². The van der Waals surface area contributed by atoms with E-state index in [2.05, 4.69) is 10.6 Å². The zero-order valence-corrected chi connectivity index (χ0v) is 17.2. The molecule has 0 spiro atoms. The van der Waals surface area contributed by atoms with Gasteiger partial charge in [0.1, 0.15) is 17.2 Å². The van der Waals surface area contributed by atoms with Gasteiger partial charge >= 0.3 is 0 Å². The van der Waals surface area contributed by atoms with Crippen molar-refractivity contribution in [1.82, 2.24) is 14.7 Å². The first-order valence-electron chi connectivity index (χ1n) is 10.1. The minimum atomic E-state index is -0.436. The number of nitrogens with one attached hydrogen (secondary N) is 2. The lowest BCUT2D eigenvalue weighted by Crippen LogP contribution is -2.29. The van der Waals surface area contributed by atoms with Gasteiger partial charge in [-0.1, -0.05) is 30.3 Å². The highest BCUT2D eigenvalue weighted by Crippen LogP contribution is 2.30. The molecule has 0 aliphatic carbocycles. The van der Waals surface area contributed by atoms with Crippen molar-refractivity contribution < 1.29 is 9.72 Å². The average Bonchev–Trinajstić information content (AvgIpc) is 3.19. The van der Waals surface area contributed by atoms with Gasteiger partial charge in [-0.25, -0.2) is 4.98 Å². The van der Waals surface area contributed by atoms with E-state index in [1.165, 1.54) is 12.1 Å². The summed E-state index contributed by atoms with van der Waals surface area (Å²) in [5.41, 5.74) is 8.98. The van der Waals surface area contributed by atoms with Crippen LogP contribution < -0.4 is 16.4 Å². The van der Waals surface area contributed by atoms with Gasteiger partial charge in [0, 0.05) is 49.1 Å². The number of non-ortho nitro benzene ring substituents is 1. The van der Waals surface area contributed by atoms with Crippen LogP contribution in [0.25, 0.3) is 16.9 Å². The normalized spacial score (nSPS) is 10.8. The van der Waals surface area contributed by atoms with Crippen LogP contribution in [0, 0.1) is 10.1 Å². The lowest BCUT2D eigenvalue weighted by Gasteiger charge is -2.10. The molecular weight excluding hydrogens is 408 g/mol. The molecule has 0 atom stereocenters. The maximum atomic E-state index is 12.3. The van der Waals surface area contributed by atoms with Crippen LogP contribution >= 0.6 is 0 Å². The quantitative estimate of drug-likeness (QED) is 0.291. The van der Waals surface area contributed by atoms with Crippen LogP contribution in [0.1, 0.15) is 15.9 Å². The molecular formula is C23H22N6O3. The van der Waals surface area contributed by atoms with Crippen molar-refractivity contribution in [3.05, 3.63) is 94.2 Å². The summed E-state index contributed by atoms with van der Waals surface area (Å²) < 4.78 is 1.86. The van der Waals surface area contributed by atoms with Gasteiger partial charge in [-0.2, -0.15) is 0 Å². The minimum absolute atomic E-state index is 0.00942.